The quantitative estimate of drug-likeness (QED) is 0.333. The number of ether oxygens (including phenoxy) is 1. The predicted molar refractivity (Wildman–Crippen MR) is 135 cm³/mol. The van der Waals surface area contributed by atoms with Crippen LogP contribution in [0.2, 0.25) is 0 Å². The van der Waals surface area contributed by atoms with E-state index in [1.54, 1.807) is 0 Å². The molecule has 0 radical (unpaired) electrons. The molecular formula is C20H35IN4O3S2. The lowest BCUT2D eigenvalue weighted by Crippen LogP contribution is -2.57. The van der Waals surface area contributed by atoms with Crippen LogP contribution in [0.1, 0.15) is 36.6 Å². The van der Waals surface area contributed by atoms with Gasteiger partial charge in [-0.25, -0.2) is 8.42 Å². The Balaban J connectivity index is 0.00000320. The van der Waals surface area contributed by atoms with Crippen LogP contribution in [0.25, 0.3) is 0 Å². The second-order valence-corrected chi connectivity index (χ2v) is 12.4. The largest absolute Gasteiger partial charge is 0.379 e. The number of rotatable bonds is 5. The van der Waals surface area contributed by atoms with Gasteiger partial charge in [0, 0.05) is 42.5 Å². The van der Waals surface area contributed by atoms with E-state index in [-0.39, 0.29) is 35.8 Å². The minimum Gasteiger partial charge on any atom is -0.379 e. The second-order valence-electron chi connectivity index (χ2n) is 8.31. The summed E-state index contributed by atoms with van der Waals surface area (Å²) < 4.78 is 29.5. The third-order valence-corrected chi connectivity index (χ3v) is 9.30. The molecule has 3 rings (SSSR count). The van der Waals surface area contributed by atoms with Crippen LogP contribution in [0.15, 0.2) is 17.1 Å². The Morgan fingerprint density at radius 1 is 1.30 bits per heavy atom. The third kappa shape index (κ3) is 6.08. The van der Waals surface area contributed by atoms with Gasteiger partial charge in [-0.05, 0) is 39.8 Å². The van der Waals surface area contributed by atoms with E-state index < -0.39 is 14.6 Å². The Labute approximate surface area is 202 Å². The predicted octanol–water partition coefficient (Wildman–Crippen LogP) is 2.52. The highest BCUT2D eigenvalue weighted by Gasteiger charge is 2.41. The average Bonchev–Trinajstić information content (AvgIpc) is 3.10. The minimum atomic E-state index is -3.08. The van der Waals surface area contributed by atoms with Crippen LogP contribution < -0.4 is 5.32 Å². The van der Waals surface area contributed by atoms with Gasteiger partial charge in [0.05, 0.1) is 36.3 Å². The number of hydrogen-bond donors (Lipinski definition) is 1. The lowest BCUT2D eigenvalue weighted by Gasteiger charge is -2.39. The number of hydrogen-bond acceptors (Lipinski definition) is 6. The number of sulfone groups is 1. The summed E-state index contributed by atoms with van der Waals surface area (Å²) in [7, 11) is -3.08. The monoisotopic (exact) mass is 570 g/mol. The van der Waals surface area contributed by atoms with Gasteiger partial charge in [-0.3, -0.25) is 9.89 Å². The summed E-state index contributed by atoms with van der Waals surface area (Å²) in [4.78, 5) is 12.1. The molecule has 1 unspecified atom stereocenters. The van der Waals surface area contributed by atoms with E-state index in [1.165, 1.54) is 9.75 Å². The molecule has 0 amide bonds. The number of thiophene rings is 1. The van der Waals surface area contributed by atoms with Crippen molar-refractivity contribution < 1.29 is 13.2 Å². The summed E-state index contributed by atoms with van der Waals surface area (Å²) in [5.74, 6) is 0.976. The number of nitrogens with zero attached hydrogens (tertiary/aromatic N) is 3. The van der Waals surface area contributed by atoms with Crippen molar-refractivity contribution in [2.75, 3.05) is 58.2 Å². The molecule has 2 saturated heterocycles. The summed E-state index contributed by atoms with van der Waals surface area (Å²) in [6.07, 6.45) is 0. The van der Waals surface area contributed by atoms with Gasteiger partial charge in [-0.15, -0.1) is 35.3 Å². The maximum absolute atomic E-state index is 12.4. The number of aliphatic imine (C=N–C) groups is 1. The summed E-state index contributed by atoms with van der Waals surface area (Å²) in [5, 5.41) is 3.37. The fraction of sp³-hybridized carbons (Fsp3) is 0.750. The van der Waals surface area contributed by atoms with Gasteiger partial charge in [0.1, 0.15) is 0 Å². The van der Waals surface area contributed by atoms with E-state index in [0.29, 0.717) is 19.6 Å². The molecule has 2 aliphatic rings. The normalized spacial score (nSPS) is 22.9. The Hall–Kier alpha value is -0.430. The van der Waals surface area contributed by atoms with Crippen molar-refractivity contribution >= 4 is 51.1 Å². The standard InChI is InChI=1S/C20H34N4O3S2.HI/c1-5-21-19(24-10-13-29(25,26)20(3,4)15-24)22-14-17(18-7-6-16(2)28-18)23-8-11-27-12-9-23;/h6-7,17H,5,8-15H2,1-4H3,(H,21,22);1H. The molecule has 0 aliphatic carbocycles. The maximum atomic E-state index is 12.4. The van der Waals surface area contributed by atoms with Crippen LogP contribution in [-0.4, -0.2) is 87.2 Å². The summed E-state index contributed by atoms with van der Waals surface area (Å²) >= 11 is 1.82. The van der Waals surface area contributed by atoms with Crippen molar-refractivity contribution in [3.8, 4) is 0 Å². The lowest BCUT2D eigenvalue weighted by atomic mass is 10.2. The number of aryl methyl sites for hydroxylation is 1. The van der Waals surface area contributed by atoms with Crippen LogP contribution in [-0.2, 0) is 14.6 Å². The summed E-state index contributed by atoms with van der Waals surface area (Å²) in [5.41, 5.74) is 0. The second kappa shape index (κ2) is 10.9. The zero-order valence-electron chi connectivity index (χ0n) is 18.4. The molecule has 0 aromatic carbocycles. The van der Waals surface area contributed by atoms with Gasteiger partial charge < -0.3 is 15.0 Å². The van der Waals surface area contributed by atoms with Crippen molar-refractivity contribution in [1.29, 1.82) is 0 Å². The SMILES string of the molecule is CCNC(=NCC(c1ccc(C)s1)N1CCOCC1)N1CCS(=O)(=O)C(C)(C)C1.I. The van der Waals surface area contributed by atoms with Crippen molar-refractivity contribution in [3.63, 3.8) is 0 Å². The van der Waals surface area contributed by atoms with E-state index in [0.717, 1.165) is 38.8 Å². The molecule has 2 fully saturated rings. The van der Waals surface area contributed by atoms with Gasteiger partial charge >= 0.3 is 0 Å². The molecule has 10 heteroatoms. The molecule has 7 nitrogen and oxygen atoms in total. The minimum absolute atomic E-state index is 0. The number of halogens is 1. The average molecular weight is 571 g/mol. The molecule has 0 bridgehead atoms. The lowest BCUT2D eigenvalue weighted by molar-refractivity contribution is 0.0186. The molecule has 3 heterocycles. The van der Waals surface area contributed by atoms with Crippen LogP contribution in [0.3, 0.4) is 0 Å². The molecule has 0 spiro atoms. The molecule has 1 atom stereocenters. The highest BCUT2D eigenvalue weighted by atomic mass is 127. The highest BCUT2D eigenvalue weighted by Crippen LogP contribution is 2.29. The highest BCUT2D eigenvalue weighted by molar-refractivity contribution is 14.0. The van der Waals surface area contributed by atoms with E-state index in [1.807, 2.05) is 32.1 Å². The van der Waals surface area contributed by atoms with Crippen molar-refractivity contribution in [3.05, 3.63) is 21.9 Å². The molecule has 1 aromatic rings. The Bertz CT molecular complexity index is 820. The Morgan fingerprint density at radius 2 is 2.00 bits per heavy atom. The van der Waals surface area contributed by atoms with E-state index in [2.05, 4.69) is 34.2 Å². The molecule has 2 aliphatic heterocycles. The first-order valence-corrected chi connectivity index (χ1v) is 12.8. The summed E-state index contributed by atoms with van der Waals surface area (Å²) in [6.45, 7) is 13.5. The topological polar surface area (TPSA) is 74.2 Å². The maximum Gasteiger partial charge on any atom is 0.194 e. The first-order valence-electron chi connectivity index (χ1n) is 10.4. The number of nitrogens with one attached hydrogen (secondary N) is 1. The molecule has 1 aromatic heterocycles. The van der Waals surface area contributed by atoms with E-state index in [9.17, 15) is 8.42 Å². The zero-order chi connectivity index (χ0) is 21.1. The van der Waals surface area contributed by atoms with E-state index in [4.69, 9.17) is 9.73 Å². The van der Waals surface area contributed by atoms with Crippen LogP contribution in [0, 0.1) is 6.92 Å². The first kappa shape index (κ1) is 25.8. The number of morpholine rings is 1. The van der Waals surface area contributed by atoms with Crippen LogP contribution in [0.5, 0.6) is 0 Å². The van der Waals surface area contributed by atoms with Crippen molar-refractivity contribution in [2.24, 2.45) is 4.99 Å². The zero-order valence-corrected chi connectivity index (χ0v) is 22.4. The van der Waals surface area contributed by atoms with Gasteiger partial charge in [0.2, 0.25) is 0 Å². The molecule has 172 valence electrons. The van der Waals surface area contributed by atoms with Gasteiger partial charge in [-0.2, -0.15) is 0 Å². The number of guanidine groups is 1. The van der Waals surface area contributed by atoms with Crippen molar-refractivity contribution in [2.45, 2.75) is 38.5 Å². The van der Waals surface area contributed by atoms with Crippen LogP contribution in [0.4, 0.5) is 0 Å². The van der Waals surface area contributed by atoms with Gasteiger partial charge in [-0.1, -0.05) is 0 Å². The van der Waals surface area contributed by atoms with Gasteiger partial charge in [0.25, 0.3) is 0 Å². The smallest absolute Gasteiger partial charge is 0.194 e. The fourth-order valence-electron chi connectivity index (χ4n) is 3.83. The molecule has 1 N–H and O–H groups in total. The Morgan fingerprint density at radius 3 is 2.57 bits per heavy atom. The van der Waals surface area contributed by atoms with E-state index >= 15 is 0 Å². The first-order chi connectivity index (χ1) is 13.7. The molecule has 30 heavy (non-hydrogen) atoms. The third-order valence-electron chi connectivity index (χ3n) is 5.67. The van der Waals surface area contributed by atoms with Crippen LogP contribution >= 0.6 is 35.3 Å². The molecular weight excluding hydrogens is 535 g/mol. The summed E-state index contributed by atoms with van der Waals surface area (Å²) in [6, 6.07) is 4.59. The van der Waals surface area contributed by atoms with Crippen molar-refractivity contribution in [1.82, 2.24) is 15.1 Å². The fourth-order valence-corrected chi connectivity index (χ4v) is 6.20. The molecule has 0 saturated carbocycles. The van der Waals surface area contributed by atoms with Gasteiger partial charge in [0.15, 0.2) is 15.8 Å². The Kier molecular flexibility index (Phi) is 9.41.